The molecule has 9 aromatic carbocycles. The van der Waals surface area contributed by atoms with Crippen LogP contribution in [-0.4, -0.2) is 4.57 Å². The smallest absolute Gasteiger partial charge is 0.0727 e. The third kappa shape index (κ3) is 5.84. The molecule has 0 amide bonds. The predicted molar refractivity (Wildman–Crippen MR) is 265 cm³/mol. The van der Waals surface area contributed by atoms with Gasteiger partial charge < -0.3 is 9.47 Å². The zero-order chi connectivity index (χ0) is 41.4. The molecule has 0 radical (unpaired) electrons. The highest BCUT2D eigenvalue weighted by Gasteiger charge is 2.36. The van der Waals surface area contributed by atoms with Crippen molar-refractivity contribution in [1.82, 2.24) is 4.57 Å². The van der Waals surface area contributed by atoms with Gasteiger partial charge in [0, 0.05) is 43.6 Å². The first kappa shape index (κ1) is 36.4. The van der Waals surface area contributed by atoms with Gasteiger partial charge in [0.1, 0.15) is 0 Å². The molecule has 12 rings (SSSR count). The maximum Gasteiger partial charge on any atom is 0.0727 e. The third-order valence-corrected chi connectivity index (χ3v) is 14.2. The van der Waals surface area contributed by atoms with E-state index in [4.69, 9.17) is 0 Å². The summed E-state index contributed by atoms with van der Waals surface area (Å²) in [5, 5.41) is 2.62. The average Bonchev–Trinajstić information content (AvgIpc) is 3.94. The summed E-state index contributed by atoms with van der Waals surface area (Å²) in [6, 6.07) is 80.1. The van der Waals surface area contributed by atoms with Crippen LogP contribution in [0.25, 0.3) is 81.4 Å². The normalized spacial score (nSPS) is 12.8. The number of para-hydroxylation sites is 1. The van der Waals surface area contributed by atoms with Gasteiger partial charge in [0.15, 0.2) is 0 Å². The largest absolute Gasteiger partial charge is 0.310 e. The molecule has 0 saturated heterocycles. The molecule has 2 aromatic heterocycles. The van der Waals surface area contributed by atoms with E-state index in [1.807, 2.05) is 11.3 Å². The van der Waals surface area contributed by atoms with Crippen LogP contribution in [0.3, 0.4) is 0 Å². The minimum atomic E-state index is -0.194. The Hall–Kier alpha value is -7.46. The summed E-state index contributed by atoms with van der Waals surface area (Å²) in [5.74, 6) is 0. The first-order chi connectivity index (χ1) is 30.5. The summed E-state index contributed by atoms with van der Waals surface area (Å²) in [6.07, 6.45) is 0. The lowest BCUT2D eigenvalue weighted by atomic mass is 9.81. The van der Waals surface area contributed by atoms with Crippen LogP contribution >= 0.6 is 11.3 Å². The van der Waals surface area contributed by atoms with Crippen molar-refractivity contribution in [2.45, 2.75) is 19.3 Å². The second-order valence-corrected chi connectivity index (χ2v) is 18.0. The van der Waals surface area contributed by atoms with Crippen LogP contribution in [0, 0.1) is 0 Å². The lowest BCUT2D eigenvalue weighted by molar-refractivity contribution is 0.660. The molecule has 2 heterocycles. The van der Waals surface area contributed by atoms with E-state index in [-0.39, 0.29) is 5.41 Å². The SMILES string of the molecule is CC1(C)c2cc(-c3cccc(N(c4ccc(-c5ccccc5)cc4)c4ccc(-c5ccccc5)cc4)c3)ccc2-c2ccc(-n3c4ccccc4c4sc5ccccc5c43)cc21. The van der Waals surface area contributed by atoms with E-state index in [0.717, 1.165) is 17.1 Å². The van der Waals surface area contributed by atoms with Gasteiger partial charge in [-0.3, -0.25) is 0 Å². The second kappa shape index (κ2) is 14.3. The van der Waals surface area contributed by atoms with E-state index >= 15 is 0 Å². The van der Waals surface area contributed by atoms with E-state index in [9.17, 15) is 0 Å². The minimum Gasteiger partial charge on any atom is -0.310 e. The number of anilines is 3. The Morgan fingerprint density at radius 1 is 0.403 bits per heavy atom. The Kier molecular flexibility index (Phi) is 8.41. The van der Waals surface area contributed by atoms with Gasteiger partial charge in [-0.25, -0.2) is 0 Å². The van der Waals surface area contributed by atoms with Gasteiger partial charge in [-0.1, -0.05) is 166 Å². The minimum absolute atomic E-state index is 0.194. The fourth-order valence-corrected chi connectivity index (χ4v) is 11.1. The Bertz CT molecular complexity index is 3380. The van der Waals surface area contributed by atoms with Crippen molar-refractivity contribution in [3.8, 4) is 50.2 Å². The molecular formula is C59H42N2S. The topological polar surface area (TPSA) is 8.17 Å². The van der Waals surface area contributed by atoms with E-state index < -0.39 is 0 Å². The average molecular weight is 811 g/mol. The molecule has 0 bridgehead atoms. The van der Waals surface area contributed by atoms with Crippen molar-refractivity contribution >= 4 is 59.6 Å². The van der Waals surface area contributed by atoms with E-state index in [0.29, 0.717) is 0 Å². The molecule has 0 aliphatic heterocycles. The van der Waals surface area contributed by atoms with E-state index in [1.165, 1.54) is 92.5 Å². The highest BCUT2D eigenvalue weighted by Crippen LogP contribution is 2.51. The Balaban J connectivity index is 0.929. The van der Waals surface area contributed by atoms with Crippen molar-refractivity contribution in [3.05, 3.63) is 230 Å². The lowest BCUT2D eigenvalue weighted by Gasteiger charge is -2.27. The zero-order valence-electron chi connectivity index (χ0n) is 34.6. The quantitative estimate of drug-likeness (QED) is 0.156. The second-order valence-electron chi connectivity index (χ2n) is 17.0. The van der Waals surface area contributed by atoms with Crippen molar-refractivity contribution in [1.29, 1.82) is 0 Å². The molecular weight excluding hydrogens is 769 g/mol. The van der Waals surface area contributed by atoms with Crippen LogP contribution in [0.5, 0.6) is 0 Å². The Morgan fingerprint density at radius 2 is 0.919 bits per heavy atom. The van der Waals surface area contributed by atoms with Crippen LogP contribution in [0.15, 0.2) is 218 Å². The van der Waals surface area contributed by atoms with Gasteiger partial charge in [-0.2, -0.15) is 0 Å². The van der Waals surface area contributed by atoms with Gasteiger partial charge in [0.2, 0.25) is 0 Å². The molecule has 0 saturated carbocycles. The summed E-state index contributed by atoms with van der Waals surface area (Å²) in [4.78, 5) is 2.38. The van der Waals surface area contributed by atoms with E-state index in [1.54, 1.807) is 0 Å². The summed E-state index contributed by atoms with van der Waals surface area (Å²) >= 11 is 1.90. The zero-order valence-corrected chi connectivity index (χ0v) is 35.4. The van der Waals surface area contributed by atoms with Gasteiger partial charge >= 0.3 is 0 Å². The van der Waals surface area contributed by atoms with Crippen LogP contribution in [0.4, 0.5) is 17.1 Å². The molecule has 1 aliphatic carbocycles. The number of nitrogens with zero attached hydrogens (tertiary/aromatic N) is 2. The fraction of sp³-hybridized carbons (Fsp3) is 0.0508. The van der Waals surface area contributed by atoms with Gasteiger partial charge in [-0.05, 0) is 122 Å². The summed E-state index contributed by atoms with van der Waals surface area (Å²) in [6.45, 7) is 4.79. The van der Waals surface area contributed by atoms with Gasteiger partial charge in [0.05, 0.1) is 15.7 Å². The fourth-order valence-electron chi connectivity index (χ4n) is 9.87. The van der Waals surface area contributed by atoms with Crippen LogP contribution in [0.2, 0.25) is 0 Å². The predicted octanol–water partition coefficient (Wildman–Crippen LogP) is 16.8. The summed E-state index contributed by atoms with van der Waals surface area (Å²) in [7, 11) is 0. The Labute approximate surface area is 366 Å². The molecule has 11 aromatic rings. The standard InChI is InChI=1S/C59H42N2S/c1-59(2)53-37-44(28-34-49(53)50-35-33-48(38-54(50)59)61-55-22-11-9-20-51(55)58-57(61)52-21-10-12-23-56(52)62-58)43-18-13-19-47(36-43)60(45-29-24-41(25-30-45)39-14-5-3-6-15-39)46-31-26-42(27-32-46)40-16-7-4-8-17-40/h3-38H,1-2H3. The lowest BCUT2D eigenvalue weighted by Crippen LogP contribution is -2.15. The molecule has 0 unspecified atom stereocenters. The molecule has 2 nitrogen and oxygen atoms in total. The maximum absolute atomic E-state index is 2.50. The van der Waals surface area contributed by atoms with Crippen LogP contribution in [0.1, 0.15) is 25.0 Å². The molecule has 0 atom stereocenters. The molecule has 62 heavy (non-hydrogen) atoms. The first-order valence-corrected chi connectivity index (χ1v) is 22.2. The molecule has 0 N–H and O–H groups in total. The highest BCUT2D eigenvalue weighted by atomic mass is 32.1. The number of rotatable bonds is 7. The summed E-state index contributed by atoms with van der Waals surface area (Å²) in [5.41, 5.74) is 19.5. The third-order valence-electron chi connectivity index (χ3n) is 13.0. The van der Waals surface area contributed by atoms with Crippen LogP contribution < -0.4 is 4.90 Å². The molecule has 3 heteroatoms. The van der Waals surface area contributed by atoms with E-state index in [2.05, 4.69) is 242 Å². The van der Waals surface area contributed by atoms with Crippen molar-refractivity contribution in [3.63, 3.8) is 0 Å². The van der Waals surface area contributed by atoms with Crippen molar-refractivity contribution < 1.29 is 0 Å². The molecule has 294 valence electrons. The van der Waals surface area contributed by atoms with Crippen molar-refractivity contribution in [2.75, 3.05) is 4.90 Å². The first-order valence-electron chi connectivity index (χ1n) is 21.4. The number of hydrogen-bond acceptors (Lipinski definition) is 2. The maximum atomic E-state index is 2.50. The molecule has 1 aliphatic rings. The molecule has 0 spiro atoms. The number of thiophene rings is 1. The number of benzene rings is 9. The van der Waals surface area contributed by atoms with Crippen molar-refractivity contribution in [2.24, 2.45) is 0 Å². The Morgan fingerprint density at radius 3 is 1.60 bits per heavy atom. The summed E-state index contributed by atoms with van der Waals surface area (Å²) < 4.78 is 5.17. The molecule has 0 fully saturated rings. The van der Waals surface area contributed by atoms with Gasteiger partial charge in [-0.15, -0.1) is 11.3 Å². The number of hydrogen-bond donors (Lipinski definition) is 0. The number of fused-ring (bicyclic) bond motifs is 8. The number of aromatic nitrogens is 1. The highest BCUT2D eigenvalue weighted by molar-refractivity contribution is 7.26. The van der Waals surface area contributed by atoms with Crippen LogP contribution in [-0.2, 0) is 5.41 Å². The monoisotopic (exact) mass is 810 g/mol. The van der Waals surface area contributed by atoms with Gasteiger partial charge in [0.25, 0.3) is 0 Å².